The first-order chi connectivity index (χ1) is 18.4. The van der Waals surface area contributed by atoms with E-state index < -0.39 is 0 Å². The largest absolute Gasteiger partial charge is 0.444 e. The van der Waals surface area contributed by atoms with Crippen LogP contribution in [0, 0.1) is 5.92 Å². The number of carbonyl (C=O) groups is 2. The number of likely N-dealkylation sites (tertiary alicyclic amines) is 1. The lowest BCUT2D eigenvalue weighted by Gasteiger charge is -2.44. The smallest absolute Gasteiger partial charge is 0.291 e. The highest BCUT2D eigenvalue weighted by atomic mass is 79.9. The van der Waals surface area contributed by atoms with Crippen molar-refractivity contribution < 1.29 is 14.0 Å². The maximum absolute atomic E-state index is 13.5. The van der Waals surface area contributed by atoms with E-state index in [0.717, 1.165) is 56.7 Å². The van der Waals surface area contributed by atoms with Gasteiger partial charge in [0.1, 0.15) is 0 Å². The Morgan fingerprint density at radius 3 is 2.71 bits per heavy atom. The zero-order valence-electron chi connectivity index (χ0n) is 21.4. The zero-order chi connectivity index (χ0) is 26.4. The van der Waals surface area contributed by atoms with Crippen LogP contribution < -0.4 is 15.8 Å². The van der Waals surface area contributed by atoms with Gasteiger partial charge < -0.3 is 24.1 Å². The second kappa shape index (κ2) is 10.1. The molecule has 198 valence electrons. The van der Waals surface area contributed by atoms with Gasteiger partial charge in [-0.3, -0.25) is 14.4 Å². The van der Waals surface area contributed by atoms with E-state index in [4.69, 9.17) is 4.42 Å². The fraction of sp³-hybridized carbons (Fsp3) is 0.414. The van der Waals surface area contributed by atoms with Crippen LogP contribution in [0.5, 0.6) is 0 Å². The summed E-state index contributed by atoms with van der Waals surface area (Å²) in [5, 5.41) is 3.02. The summed E-state index contributed by atoms with van der Waals surface area (Å²) in [7, 11) is 0. The molecule has 8 nitrogen and oxygen atoms in total. The lowest BCUT2D eigenvalue weighted by Crippen LogP contribution is -2.47. The summed E-state index contributed by atoms with van der Waals surface area (Å²) in [4.78, 5) is 43.3. The standard InChI is InChI=1S/C29H31BrN4O4/c1-18-5-2-3-12-33(18)29(37)20-8-9-24(22(14-20)31-28(36)25-10-11-26(30)38-25)32-15-19-13-21(17-32)23-6-4-7-27(35)34(23)16-19/h4,6-11,14,18-19,21H,2-3,5,12-13,15-17H2,1H3,(H,31,36). The lowest BCUT2D eigenvalue weighted by molar-refractivity contribution is 0.0635. The number of aromatic nitrogens is 1. The van der Waals surface area contributed by atoms with E-state index in [0.29, 0.717) is 28.4 Å². The Bertz CT molecular complexity index is 1450. The molecule has 3 atom stereocenters. The van der Waals surface area contributed by atoms with Crippen LogP contribution in [0.2, 0.25) is 0 Å². The SMILES string of the molecule is CC1CCCCN1C(=O)c1ccc(N2CC3CC(C2)c2cccc(=O)n2C3)c(NC(=O)c2ccc(Br)o2)c1. The summed E-state index contributed by atoms with van der Waals surface area (Å²) >= 11 is 3.26. The quantitative estimate of drug-likeness (QED) is 0.465. The van der Waals surface area contributed by atoms with Gasteiger partial charge in [0.25, 0.3) is 17.4 Å². The Labute approximate surface area is 229 Å². The van der Waals surface area contributed by atoms with Gasteiger partial charge in [-0.1, -0.05) is 6.07 Å². The minimum Gasteiger partial charge on any atom is -0.444 e. The number of hydrogen-bond donors (Lipinski definition) is 1. The molecular formula is C29H31BrN4O4. The first kappa shape index (κ1) is 25.0. The van der Waals surface area contributed by atoms with Crippen molar-refractivity contribution in [2.45, 2.75) is 51.1 Å². The molecule has 0 radical (unpaired) electrons. The third kappa shape index (κ3) is 4.68. The van der Waals surface area contributed by atoms with Crippen LogP contribution in [-0.4, -0.2) is 47.0 Å². The molecule has 1 N–H and O–H groups in total. The molecule has 2 aromatic heterocycles. The molecule has 0 aliphatic carbocycles. The molecule has 38 heavy (non-hydrogen) atoms. The van der Waals surface area contributed by atoms with Crippen molar-refractivity contribution in [1.29, 1.82) is 0 Å². The lowest BCUT2D eigenvalue weighted by atomic mass is 9.83. The van der Waals surface area contributed by atoms with Crippen molar-refractivity contribution >= 4 is 39.1 Å². The molecule has 0 spiro atoms. The highest BCUT2D eigenvalue weighted by Gasteiger charge is 2.35. The fourth-order valence-corrected chi connectivity index (χ4v) is 6.63. The minimum absolute atomic E-state index is 0.0104. The monoisotopic (exact) mass is 578 g/mol. The van der Waals surface area contributed by atoms with E-state index >= 15 is 0 Å². The second-order valence-electron chi connectivity index (χ2n) is 10.7. The molecule has 3 unspecified atom stereocenters. The summed E-state index contributed by atoms with van der Waals surface area (Å²) in [5.41, 5.74) is 3.14. The second-order valence-corrected chi connectivity index (χ2v) is 11.5. The van der Waals surface area contributed by atoms with Crippen molar-refractivity contribution in [3.8, 4) is 0 Å². The topological polar surface area (TPSA) is 87.8 Å². The van der Waals surface area contributed by atoms with Crippen LogP contribution in [0.25, 0.3) is 0 Å². The highest BCUT2D eigenvalue weighted by molar-refractivity contribution is 9.10. The van der Waals surface area contributed by atoms with Crippen LogP contribution >= 0.6 is 15.9 Å². The van der Waals surface area contributed by atoms with Gasteiger partial charge in [-0.15, -0.1) is 0 Å². The summed E-state index contributed by atoms with van der Waals surface area (Å²) in [6.07, 6.45) is 4.18. The van der Waals surface area contributed by atoms with Gasteiger partial charge in [0.2, 0.25) is 0 Å². The third-order valence-electron chi connectivity index (χ3n) is 8.17. The number of nitrogens with zero attached hydrogens (tertiary/aromatic N) is 3. The Hall–Kier alpha value is -3.33. The van der Waals surface area contributed by atoms with E-state index in [1.165, 1.54) is 0 Å². The highest BCUT2D eigenvalue weighted by Crippen LogP contribution is 2.39. The summed E-state index contributed by atoms with van der Waals surface area (Å²) in [5.74, 6) is 0.344. The predicted octanol–water partition coefficient (Wildman–Crippen LogP) is 5.09. The number of rotatable bonds is 4. The van der Waals surface area contributed by atoms with Crippen molar-refractivity contribution in [1.82, 2.24) is 9.47 Å². The van der Waals surface area contributed by atoms with Crippen molar-refractivity contribution in [3.63, 3.8) is 0 Å². The van der Waals surface area contributed by atoms with E-state index in [-0.39, 0.29) is 35.1 Å². The Balaban J connectivity index is 1.34. The van der Waals surface area contributed by atoms with E-state index in [1.807, 2.05) is 33.7 Å². The maximum atomic E-state index is 13.5. The summed E-state index contributed by atoms with van der Waals surface area (Å²) in [6, 6.07) is 14.6. The van der Waals surface area contributed by atoms with Crippen molar-refractivity contribution in [3.05, 3.63) is 80.6 Å². The average molecular weight is 579 g/mol. The summed E-state index contributed by atoms with van der Waals surface area (Å²) < 4.78 is 7.87. The van der Waals surface area contributed by atoms with E-state index in [9.17, 15) is 14.4 Å². The zero-order valence-corrected chi connectivity index (χ0v) is 22.9. The number of piperidine rings is 2. The molecule has 2 saturated heterocycles. The first-order valence-corrected chi connectivity index (χ1v) is 14.1. The average Bonchev–Trinajstić information content (AvgIpc) is 3.35. The molecule has 1 aromatic carbocycles. The predicted molar refractivity (Wildman–Crippen MR) is 149 cm³/mol. The normalized spacial score (nSPS) is 22.6. The molecule has 3 aliphatic rings. The number of fused-ring (bicyclic) bond motifs is 4. The molecule has 3 aliphatic heterocycles. The van der Waals surface area contributed by atoms with Crippen LogP contribution in [-0.2, 0) is 6.54 Å². The van der Waals surface area contributed by atoms with E-state index in [1.54, 1.807) is 24.3 Å². The van der Waals surface area contributed by atoms with Gasteiger partial charge in [0.15, 0.2) is 10.4 Å². The van der Waals surface area contributed by atoms with Crippen LogP contribution in [0.1, 0.15) is 65.1 Å². The van der Waals surface area contributed by atoms with Gasteiger partial charge in [-0.25, -0.2) is 0 Å². The number of nitrogens with one attached hydrogen (secondary N) is 1. The number of pyridine rings is 1. The van der Waals surface area contributed by atoms with Gasteiger partial charge in [-0.2, -0.15) is 0 Å². The van der Waals surface area contributed by atoms with Gasteiger partial charge >= 0.3 is 0 Å². The van der Waals surface area contributed by atoms with Gasteiger partial charge in [0, 0.05) is 55.5 Å². The number of amides is 2. The molecule has 2 bridgehead atoms. The van der Waals surface area contributed by atoms with Crippen molar-refractivity contribution in [2.75, 3.05) is 29.9 Å². The molecular weight excluding hydrogens is 548 g/mol. The van der Waals surface area contributed by atoms with E-state index in [2.05, 4.69) is 33.1 Å². The Morgan fingerprint density at radius 1 is 1.05 bits per heavy atom. The molecule has 6 rings (SSSR count). The van der Waals surface area contributed by atoms with Crippen LogP contribution in [0.15, 0.2) is 62.4 Å². The fourth-order valence-electron chi connectivity index (χ4n) is 6.32. The molecule has 9 heteroatoms. The number of hydrogen-bond acceptors (Lipinski definition) is 5. The molecule has 0 saturated carbocycles. The Kier molecular flexibility index (Phi) is 6.63. The number of halogens is 1. The number of carbonyl (C=O) groups excluding carboxylic acids is 2. The molecule has 2 fully saturated rings. The molecule has 5 heterocycles. The maximum Gasteiger partial charge on any atom is 0.291 e. The number of furan rings is 1. The number of anilines is 2. The molecule has 2 amide bonds. The minimum atomic E-state index is -0.373. The molecule has 3 aromatic rings. The van der Waals surface area contributed by atoms with Crippen LogP contribution in [0.4, 0.5) is 11.4 Å². The first-order valence-electron chi connectivity index (χ1n) is 13.3. The summed E-state index contributed by atoms with van der Waals surface area (Å²) in [6.45, 7) is 5.03. The van der Waals surface area contributed by atoms with Gasteiger partial charge in [0.05, 0.1) is 11.4 Å². The van der Waals surface area contributed by atoms with Crippen molar-refractivity contribution in [2.24, 2.45) is 5.92 Å². The third-order valence-corrected chi connectivity index (χ3v) is 8.60. The number of benzene rings is 1. The van der Waals surface area contributed by atoms with Crippen LogP contribution in [0.3, 0.4) is 0 Å². The Morgan fingerprint density at radius 2 is 1.92 bits per heavy atom. The van der Waals surface area contributed by atoms with Gasteiger partial charge in [-0.05, 0) is 90.9 Å².